The molecule has 1 N–H and O–H groups in total. The van der Waals surface area contributed by atoms with E-state index in [-0.39, 0.29) is 0 Å². The van der Waals surface area contributed by atoms with Gasteiger partial charge in [-0.25, -0.2) is 0 Å². The fourth-order valence-corrected chi connectivity index (χ4v) is 1.59. The molecule has 1 aromatic carbocycles. The Morgan fingerprint density at radius 2 is 2.13 bits per heavy atom. The van der Waals surface area contributed by atoms with Crippen LogP contribution < -0.4 is 5.32 Å². The van der Waals surface area contributed by atoms with Gasteiger partial charge in [0.15, 0.2) is 0 Å². The van der Waals surface area contributed by atoms with Gasteiger partial charge in [-0.05, 0) is 37.9 Å². The highest BCUT2D eigenvalue weighted by molar-refractivity contribution is 5.22. The second kappa shape index (κ2) is 6.62. The third-order valence-electron chi connectivity index (χ3n) is 2.86. The lowest BCUT2D eigenvalue weighted by atomic mass is 10.1. The van der Waals surface area contributed by atoms with Crippen molar-refractivity contribution in [3.63, 3.8) is 0 Å². The normalized spacial score (nSPS) is 12.7. The van der Waals surface area contributed by atoms with Gasteiger partial charge in [-0.3, -0.25) is 0 Å². The molecule has 1 unspecified atom stereocenters. The standard InChI is InChI=1S/C14H23N/c1-4-12(2)11-15-9-8-14-7-5-6-13(3)10-14/h5-7,10,12,15H,4,8-9,11H2,1-3H3. The molecule has 0 aliphatic heterocycles. The summed E-state index contributed by atoms with van der Waals surface area (Å²) >= 11 is 0. The molecule has 1 nitrogen and oxygen atoms in total. The van der Waals surface area contributed by atoms with Crippen LogP contribution in [-0.2, 0) is 6.42 Å². The second-order valence-corrected chi connectivity index (χ2v) is 4.46. The Hall–Kier alpha value is -0.820. The molecule has 0 saturated heterocycles. The van der Waals surface area contributed by atoms with Crippen LogP contribution in [0.15, 0.2) is 24.3 Å². The largest absolute Gasteiger partial charge is 0.316 e. The van der Waals surface area contributed by atoms with Gasteiger partial charge in [0.25, 0.3) is 0 Å². The second-order valence-electron chi connectivity index (χ2n) is 4.46. The summed E-state index contributed by atoms with van der Waals surface area (Å²) in [6, 6.07) is 8.76. The molecule has 15 heavy (non-hydrogen) atoms. The summed E-state index contributed by atoms with van der Waals surface area (Å²) in [5.74, 6) is 0.794. The summed E-state index contributed by atoms with van der Waals surface area (Å²) < 4.78 is 0. The molecule has 1 rings (SSSR count). The Balaban J connectivity index is 2.20. The maximum atomic E-state index is 3.50. The lowest BCUT2D eigenvalue weighted by Gasteiger charge is -2.10. The SMILES string of the molecule is CCC(C)CNCCc1cccc(C)c1. The third kappa shape index (κ3) is 4.98. The number of hydrogen-bond acceptors (Lipinski definition) is 1. The molecule has 1 atom stereocenters. The van der Waals surface area contributed by atoms with Gasteiger partial charge in [-0.15, -0.1) is 0 Å². The summed E-state index contributed by atoms with van der Waals surface area (Å²) in [6.07, 6.45) is 2.40. The molecule has 0 spiro atoms. The Morgan fingerprint density at radius 1 is 1.33 bits per heavy atom. The molecule has 0 bridgehead atoms. The predicted molar refractivity (Wildman–Crippen MR) is 67.2 cm³/mol. The van der Waals surface area contributed by atoms with Gasteiger partial charge >= 0.3 is 0 Å². The maximum Gasteiger partial charge on any atom is -0.000824 e. The van der Waals surface area contributed by atoms with E-state index in [2.05, 4.69) is 50.4 Å². The van der Waals surface area contributed by atoms with Crippen LogP contribution in [0.1, 0.15) is 31.4 Å². The lowest BCUT2D eigenvalue weighted by molar-refractivity contribution is 0.502. The molecule has 0 aromatic heterocycles. The molecular formula is C14H23N. The Labute approximate surface area is 93.9 Å². The van der Waals surface area contributed by atoms with Crippen molar-refractivity contribution in [2.45, 2.75) is 33.6 Å². The van der Waals surface area contributed by atoms with Crippen molar-refractivity contribution in [3.8, 4) is 0 Å². The van der Waals surface area contributed by atoms with Crippen LogP contribution in [0.5, 0.6) is 0 Å². The lowest BCUT2D eigenvalue weighted by Crippen LogP contribution is -2.23. The minimum absolute atomic E-state index is 0.794. The van der Waals surface area contributed by atoms with Gasteiger partial charge in [0.2, 0.25) is 0 Å². The van der Waals surface area contributed by atoms with E-state index >= 15 is 0 Å². The topological polar surface area (TPSA) is 12.0 Å². The van der Waals surface area contributed by atoms with E-state index in [1.165, 1.54) is 17.5 Å². The van der Waals surface area contributed by atoms with Crippen LogP contribution in [0, 0.1) is 12.8 Å². The van der Waals surface area contributed by atoms with Crippen LogP contribution in [0.25, 0.3) is 0 Å². The number of rotatable bonds is 6. The molecule has 0 heterocycles. The molecule has 84 valence electrons. The fourth-order valence-electron chi connectivity index (χ4n) is 1.59. The summed E-state index contributed by atoms with van der Waals surface area (Å²) in [4.78, 5) is 0. The zero-order valence-corrected chi connectivity index (χ0v) is 10.2. The Bertz CT molecular complexity index is 280. The predicted octanol–water partition coefficient (Wildman–Crippen LogP) is 3.17. The van der Waals surface area contributed by atoms with Gasteiger partial charge in [0, 0.05) is 0 Å². The summed E-state index contributed by atoms with van der Waals surface area (Å²) in [5.41, 5.74) is 2.79. The average molecular weight is 205 g/mol. The zero-order valence-electron chi connectivity index (χ0n) is 10.2. The van der Waals surface area contributed by atoms with Gasteiger partial charge in [0.1, 0.15) is 0 Å². The van der Waals surface area contributed by atoms with Crippen LogP contribution in [0.3, 0.4) is 0 Å². The van der Waals surface area contributed by atoms with Crippen LogP contribution >= 0.6 is 0 Å². The monoisotopic (exact) mass is 205 g/mol. The van der Waals surface area contributed by atoms with E-state index in [1.807, 2.05) is 0 Å². The molecular weight excluding hydrogens is 182 g/mol. The summed E-state index contributed by atoms with van der Waals surface area (Å²) in [5, 5.41) is 3.50. The third-order valence-corrected chi connectivity index (χ3v) is 2.86. The molecule has 0 aliphatic carbocycles. The molecule has 0 fully saturated rings. The van der Waals surface area contributed by atoms with Crippen molar-refractivity contribution >= 4 is 0 Å². The Morgan fingerprint density at radius 3 is 2.80 bits per heavy atom. The van der Waals surface area contributed by atoms with Gasteiger partial charge in [0.05, 0.1) is 0 Å². The highest BCUT2D eigenvalue weighted by Crippen LogP contribution is 2.04. The van der Waals surface area contributed by atoms with Crippen molar-refractivity contribution in [2.75, 3.05) is 13.1 Å². The Kier molecular flexibility index (Phi) is 5.41. The summed E-state index contributed by atoms with van der Waals surface area (Å²) in [7, 11) is 0. The molecule has 0 radical (unpaired) electrons. The first-order valence-corrected chi connectivity index (χ1v) is 5.98. The fraction of sp³-hybridized carbons (Fsp3) is 0.571. The molecule has 0 amide bonds. The van der Waals surface area contributed by atoms with Crippen LogP contribution in [0.4, 0.5) is 0 Å². The molecule has 1 aromatic rings. The highest BCUT2D eigenvalue weighted by Gasteiger charge is 1.97. The quantitative estimate of drug-likeness (QED) is 0.703. The molecule has 0 aliphatic rings. The first-order chi connectivity index (χ1) is 7.22. The number of aryl methyl sites for hydroxylation is 1. The average Bonchev–Trinajstić information content (AvgIpc) is 2.24. The van der Waals surface area contributed by atoms with Crippen molar-refractivity contribution in [1.29, 1.82) is 0 Å². The van der Waals surface area contributed by atoms with E-state index in [4.69, 9.17) is 0 Å². The molecule has 1 heteroatoms. The van der Waals surface area contributed by atoms with Crippen molar-refractivity contribution < 1.29 is 0 Å². The maximum absolute atomic E-state index is 3.50. The van der Waals surface area contributed by atoms with Crippen molar-refractivity contribution in [3.05, 3.63) is 35.4 Å². The summed E-state index contributed by atoms with van der Waals surface area (Å²) in [6.45, 7) is 8.92. The van der Waals surface area contributed by atoms with E-state index in [0.29, 0.717) is 0 Å². The molecule has 0 saturated carbocycles. The number of nitrogens with one attached hydrogen (secondary N) is 1. The smallest absolute Gasteiger partial charge is 0.000824 e. The first kappa shape index (κ1) is 12.3. The van der Waals surface area contributed by atoms with E-state index in [0.717, 1.165) is 25.4 Å². The van der Waals surface area contributed by atoms with Crippen LogP contribution in [0.2, 0.25) is 0 Å². The minimum Gasteiger partial charge on any atom is -0.316 e. The first-order valence-electron chi connectivity index (χ1n) is 5.98. The van der Waals surface area contributed by atoms with Gasteiger partial charge in [-0.2, -0.15) is 0 Å². The van der Waals surface area contributed by atoms with Crippen LogP contribution in [-0.4, -0.2) is 13.1 Å². The van der Waals surface area contributed by atoms with E-state index < -0.39 is 0 Å². The van der Waals surface area contributed by atoms with Gasteiger partial charge in [-0.1, -0.05) is 50.1 Å². The van der Waals surface area contributed by atoms with Crippen molar-refractivity contribution in [1.82, 2.24) is 5.32 Å². The van der Waals surface area contributed by atoms with Gasteiger partial charge < -0.3 is 5.32 Å². The zero-order chi connectivity index (χ0) is 11.1. The number of hydrogen-bond donors (Lipinski definition) is 1. The van der Waals surface area contributed by atoms with E-state index in [9.17, 15) is 0 Å². The van der Waals surface area contributed by atoms with Crippen molar-refractivity contribution in [2.24, 2.45) is 5.92 Å². The minimum atomic E-state index is 0.794. The van der Waals surface area contributed by atoms with E-state index in [1.54, 1.807) is 0 Å². The highest BCUT2D eigenvalue weighted by atomic mass is 14.8. The number of benzene rings is 1.